The molecule has 1 aliphatic heterocycles. The normalized spacial score (nSPS) is 16.9. The van der Waals surface area contributed by atoms with Gasteiger partial charge < -0.3 is 9.42 Å². The van der Waals surface area contributed by atoms with Crippen LogP contribution in [0.25, 0.3) is 11.3 Å². The van der Waals surface area contributed by atoms with Gasteiger partial charge in [0, 0.05) is 30.1 Å². The number of carbonyl (C=O) groups excluding carboxylic acids is 2. The van der Waals surface area contributed by atoms with E-state index in [1.54, 1.807) is 4.90 Å². The van der Waals surface area contributed by atoms with Crippen LogP contribution in [0.5, 0.6) is 0 Å². The van der Waals surface area contributed by atoms with Gasteiger partial charge in [-0.15, -0.1) is 0 Å². The standard InChI is InChI=1S/C22H20N2O3/c25-21(17-10-5-2-6-11-17)18-12-7-13-24(14-18)22(26)19-15-27-23-20(19)16-8-3-1-4-9-16/h1-6,8-11,15,18H,7,12-14H2. The van der Waals surface area contributed by atoms with Gasteiger partial charge in [0.15, 0.2) is 5.78 Å². The maximum absolute atomic E-state index is 13.1. The minimum Gasteiger partial charge on any atom is -0.363 e. The van der Waals surface area contributed by atoms with E-state index < -0.39 is 0 Å². The Kier molecular flexibility index (Phi) is 4.83. The highest BCUT2D eigenvalue weighted by atomic mass is 16.5. The van der Waals surface area contributed by atoms with Gasteiger partial charge >= 0.3 is 0 Å². The van der Waals surface area contributed by atoms with Crippen molar-refractivity contribution in [1.29, 1.82) is 0 Å². The van der Waals surface area contributed by atoms with Crippen LogP contribution in [0.3, 0.4) is 0 Å². The van der Waals surface area contributed by atoms with Crippen LogP contribution in [0, 0.1) is 5.92 Å². The molecule has 0 spiro atoms. The molecular weight excluding hydrogens is 340 g/mol. The molecule has 0 aliphatic carbocycles. The number of piperidine rings is 1. The number of amides is 1. The van der Waals surface area contributed by atoms with E-state index in [9.17, 15) is 9.59 Å². The summed E-state index contributed by atoms with van der Waals surface area (Å²) in [5, 5.41) is 4.01. The Labute approximate surface area is 157 Å². The average molecular weight is 360 g/mol. The van der Waals surface area contributed by atoms with Gasteiger partial charge in [0.25, 0.3) is 5.91 Å². The fourth-order valence-electron chi connectivity index (χ4n) is 3.58. The van der Waals surface area contributed by atoms with E-state index in [0.717, 1.165) is 18.4 Å². The zero-order valence-corrected chi connectivity index (χ0v) is 14.9. The Morgan fingerprint density at radius 2 is 1.70 bits per heavy atom. The minimum absolute atomic E-state index is 0.0988. The summed E-state index contributed by atoms with van der Waals surface area (Å²) in [6.07, 6.45) is 3.00. The van der Waals surface area contributed by atoms with Crippen LogP contribution < -0.4 is 0 Å². The summed E-state index contributed by atoms with van der Waals surface area (Å²) in [6.45, 7) is 1.06. The zero-order chi connectivity index (χ0) is 18.6. The van der Waals surface area contributed by atoms with Crippen molar-refractivity contribution in [3.8, 4) is 11.3 Å². The minimum atomic E-state index is -0.176. The molecule has 1 unspecified atom stereocenters. The van der Waals surface area contributed by atoms with E-state index in [1.165, 1.54) is 6.26 Å². The fourth-order valence-corrected chi connectivity index (χ4v) is 3.58. The van der Waals surface area contributed by atoms with E-state index in [4.69, 9.17) is 4.52 Å². The highest BCUT2D eigenvalue weighted by Gasteiger charge is 2.31. The Morgan fingerprint density at radius 1 is 1.00 bits per heavy atom. The van der Waals surface area contributed by atoms with E-state index >= 15 is 0 Å². The molecule has 4 rings (SSSR count). The molecule has 1 atom stereocenters. The van der Waals surface area contributed by atoms with Crippen LogP contribution in [0.4, 0.5) is 0 Å². The van der Waals surface area contributed by atoms with Crippen LogP contribution >= 0.6 is 0 Å². The summed E-state index contributed by atoms with van der Waals surface area (Å²) in [4.78, 5) is 27.6. The lowest BCUT2D eigenvalue weighted by Crippen LogP contribution is -2.42. The predicted molar refractivity (Wildman–Crippen MR) is 101 cm³/mol. The van der Waals surface area contributed by atoms with Crippen LogP contribution in [0.1, 0.15) is 33.6 Å². The van der Waals surface area contributed by atoms with Gasteiger partial charge in [0.05, 0.1) is 0 Å². The summed E-state index contributed by atoms with van der Waals surface area (Å²) in [5.74, 6) is -0.215. The number of hydrogen-bond acceptors (Lipinski definition) is 4. The summed E-state index contributed by atoms with van der Waals surface area (Å²) in [6, 6.07) is 18.8. The second-order valence-electron chi connectivity index (χ2n) is 6.76. The lowest BCUT2D eigenvalue weighted by molar-refractivity contribution is 0.0637. The molecule has 0 radical (unpaired) electrons. The molecule has 0 bridgehead atoms. The highest BCUT2D eigenvalue weighted by molar-refractivity contribution is 6.01. The molecule has 136 valence electrons. The first-order chi connectivity index (χ1) is 13.2. The van der Waals surface area contributed by atoms with Crippen LogP contribution in [0.15, 0.2) is 71.4 Å². The molecule has 27 heavy (non-hydrogen) atoms. The van der Waals surface area contributed by atoms with Gasteiger partial charge in [-0.3, -0.25) is 9.59 Å². The van der Waals surface area contributed by atoms with Crippen molar-refractivity contribution in [2.45, 2.75) is 12.8 Å². The van der Waals surface area contributed by atoms with Crippen molar-refractivity contribution in [3.63, 3.8) is 0 Å². The quantitative estimate of drug-likeness (QED) is 0.658. The molecule has 3 aromatic rings. The van der Waals surface area contributed by atoms with Gasteiger partial charge in [-0.1, -0.05) is 65.8 Å². The van der Waals surface area contributed by atoms with E-state index in [2.05, 4.69) is 5.16 Å². The molecule has 1 aliphatic rings. The topological polar surface area (TPSA) is 63.4 Å². The smallest absolute Gasteiger partial charge is 0.259 e. The highest BCUT2D eigenvalue weighted by Crippen LogP contribution is 2.26. The number of ketones is 1. The van der Waals surface area contributed by atoms with Crippen LogP contribution in [-0.2, 0) is 0 Å². The maximum Gasteiger partial charge on any atom is 0.259 e. The number of Topliss-reactive ketones (excluding diaryl/α,β-unsaturated/α-hetero) is 1. The third kappa shape index (κ3) is 3.53. The number of nitrogens with zero attached hydrogens (tertiary/aromatic N) is 2. The van der Waals surface area contributed by atoms with Gasteiger partial charge in [-0.2, -0.15) is 0 Å². The van der Waals surface area contributed by atoms with E-state index in [-0.39, 0.29) is 17.6 Å². The number of carbonyl (C=O) groups is 2. The van der Waals surface area contributed by atoms with Crippen molar-refractivity contribution >= 4 is 11.7 Å². The molecule has 5 nitrogen and oxygen atoms in total. The van der Waals surface area contributed by atoms with Crippen molar-refractivity contribution in [3.05, 3.63) is 78.1 Å². The van der Waals surface area contributed by atoms with Crippen LogP contribution in [-0.4, -0.2) is 34.8 Å². The molecule has 1 amide bonds. The number of hydrogen-bond donors (Lipinski definition) is 0. The molecule has 1 aromatic heterocycles. The zero-order valence-electron chi connectivity index (χ0n) is 14.9. The molecule has 2 heterocycles. The Bertz CT molecular complexity index is 934. The first-order valence-corrected chi connectivity index (χ1v) is 9.12. The third-order valence-electron chi connectivity index (χ3n) is 4.99. The fraction of sp³-hybridized carbons (Fsp3) is 0.227. The van der Waals surface area contributed by atoms with Crippen molar-refractivity contribution in [2.75, 3.05) is 13.1 Å². The second-order valence-corrected chi connectivity index (χ2v) is 6.76. The van der Waals surface area contributed by atoms with E-state index in [1.807, 2.05) is 60.7 Å². The summed E-state index contributed by atoms with van der Waals surface area (Å²) < 4.78 is 5.09. The first-order valence-electron chi connectivity index (χ1n) is 9.12. The van der Waals surface area contributed by atoms with E-state index in [0.29, 0.717) is 29.9 Å². The second kappa shape index (κ2) is 7.58. The average Bonchev–Trinajstić information content (AvgIpc) is 3.24. The number of benzene rings is 2. The molecule has 1 fully saturated rings. The van der Waals surface area contributed by atoms with Gasteiger partial charge in [-0.05, 0) is 12.8 Å². The molecule has 0 saturated carbocycles. The monoisotopic (exact) mass is 360 g/mol. The van der Waals surface area contributed by atoms with Gasteiger partial charge in [0.1, 0.15) is 17.5 Å². The number of aromatic nitrogens is 1. The molecule has 0 N–H and O–H groups in total. The largest absolute Gasteiger partial charge is 0.363 e. The van der Waals surface area contributed by atoms with Crippen molar-refractivity contribution in [2.24, 2.45) is 5.92 Å². The molecule has 5 heteroatoms. The van der Waals surface area contributed by atoms with Gasteiger partial charge in [-0.25, -0.2) is 0 Å². The van der Waals surface area contributed by atoms with Crippen molar-refractivity contribution < 1.29 is 14.1 Å². The summed E-state index contributed by atoms with van der Waals surface area (Å²) in [5.41, 5.74) is 2.52. The van der Waals surface area contributed by atoms with Crippen LogP contribution in [0.2, 0.25) is 0 Å². The third-order valence-corrected chi connectivity index (χ3v) is 4.99. The lowest BCUT2D eigenvalue weighted by Gasteiger charge is -2.32. The summed E-state index contributed by atoms with van der Waals surface area (Å²) >= 11 is 0. The van der Waals surface area contributed by atoms with Crippen molar-refractivity contribution in [1.82, 2.24) is 10.1 Å². The maximum atomic E-state index is 13.1. The molecule has 2 aromatic carbocycles. The first kappa shape index (κ1) is 17.2. The number of rotatable bonds is 4. The predicted octanol–water partition coefficient (Wildman–Crippen LogP) is 4.08. The lowest BCUT2D eigenvalue weighted by atomic mass is 9.89. The Balaban J connectivity index is 1.53. The molecule has 1 saturated heterocycles. The number of likely N-dealkylation sites (tertiary alicyclic amines) is 1. The Morgan fingerprint density at radius 3 is 2.44 bits per heavy atom. The molecular formula is C22H20N2O3. The Hall–Kier alpha value is -3.21. The summed E-state index contributed by atoms with van der Waals surface area (Å²) in [7, 11) is 0. The van der Waals surface area contributed by atoms with Gasteiger partial charge in [0.2, 0.25) is 0 Å². The SMILES string of the molecule is O=C(c1ccccc1)C1CCCN(C(=O)c2conc2-c2ccccc2)C1.